The first-order valence-electron chi connectivity index (χ1n) is 6.60. The number of nitrogens with one attached hydrogen (secondary N) is 1. The molecule has 0 aliphatic carbocycles. The Kier molecular flexibility index (Phi) is 2.74. The average molecular weight is 245 g/mol. The summed E-state index contributed by atoms with van der Waals surface area (Å²) in [5.41, 5.74) is 8.79. The van der Waals surface area contributed by atoms with E-state index in [1.807, 2.05) is 6.07 Å². The lowest BCUT2D eigenvalue weighted by molar-refractivity contribution is -0.116. The largest absolute Gasteiger partial charge is 0.371 e. The molecule has 2 aliphatic rings. The van der Waals surface area contributed by atoms with Crippen LogP contribution in [0.25, 0.3) is 0 Å². The standard InChI is InChI=1S/C14H19N3O/c1-9-4-6-17(7-5-9)10-2-3-11-12(8-10)16-14(18)13(11)15/h2-3,8-9,13H,4-7,15H2,1H3,(H,16,18). The fourth-order valence-corrected chi connectivity index (χ4v) is 2.74. The fraction of sp³-hybridized carbons (Fsp3) is 0.500. The van der Waals surface area contributed by atoms with Gasteiger partial charge in [-0.05, 0) is 30.9 Å². The van der Waals surface area contributed by atoms with Gasteiger partial charge in [-0.25, -0.2) is 0 Å². The third kappa shape index (κ3) is 1.86. The SMILES string of the molecule is CC1CCN(c2ccc3c(c2)NC(=O)C3N)CC1. The molecule has 96 valence electrons. The summed E-state index contributed by atoms with van der Waals surface area (Å²) in [6.07, 6.45) is 2.48. The highest BCUT2D eigenvalue weighted by Crippen LogP contribution is 2.33. The molecule has 3 N–H and O–H groups in total. The van der Waals surface area contributed by atoms with Crippen LogP contribution in [0.1, 0.15) is 31.4 Å². The van der Waals surface area contributed by atoms with E-state index in [1.54, 1.807) is 0 Å². The first-order valence-corrected chi connectivity index (χ1v) is 6.60. The van der Waals surface area contributed by atoms with Gasteiger partial charge in [0.25, 0.3) is 0 Å². The number of hydrogen-bond donors (Lipinski definition) is 2. The Bertz CT molecular complexity index is 478. The maximum atomic E-state index is 11.5. The minimum atomic E-state index is -0.504. The Hall–Kier alpha value is -1.55. The van der Waals surface area contributed by atoms with Gasteiger partial charge in [-0.1, -0.05) is 13.0 Å². The predicted octanol–water partition coefficient (Wildman–Crippen LogP) is 1.87. The Labute approximate surface area is 107 Å². The molecule has 0 spiro atoms. The van der Waals surface area contributed by atoms with E-state index in [9.17, 15) is 4.79 Å². The first kappa shape index (κ1) is 11.5. The van der Waals surface area contributed by atoms with Gasteiger partial charge in [0.2, 0.25) is 5.91 Å². The summed E-state index contributed by atoms with van der Waals surface area (Å²) in [5.74, 6) is 0.721. The normalized spacial score (nSPS) is 24.0. The summed E-state index contributed by atoms with van der Waals surface area (Å²) in [6, 6.07) is 5.60. The van der Waals surface area contributed by atoms with Crippen molar-refractivity contribution in [2.75, 3.05) is 23.3 Å². The highest BCUT2D eigenvalue weighted by molar-refractivity contribution is 6.02. The van der Waals surface area contributed by atoms with E-state index < -0.39 is 6.04 Å². The second kappa shape index (κ2) is 4.28. The highest BCUT2D eigenvalue weighted by atomic mass is 16.2. The van der Waals surface area contributed by atoms with Crippen molar-refractivity contribution in [1.29, 1.82) is 0 Å². The van der Waals surface area contributed by atoms with E-state index in [4.69, 9.17) is 5.73 Å². The number of nitrogens with two attached hydrogens (primary N) is 1. The third-order valence-electron chi connectivity index (χ3n) is 4.06. The van der Waals surface area contributed by atoms with Crippen molar-refractivity contribution in [2.24, 2.45) is 11.7 Å². The summed E-state index contributed by atoms with van der Waals surface area (Å²) < 4.78 is 0. The number of rotatable bonds is 1. The quantitative estimate of drug-likeness (QED) is 0.794. The number of anilines is 2. The molecule has 0 saturated carbocycles. The molecule has 1 fully saturated rings. The lowest BCUT2D eigenvalue weighted by Crippen LogP contribution is -2.32. The van der Waals surface area contributed by atoms with Crippen LogP contribution >= 0.6 is 0 Å². The lowest BCUT2D eigenvalue weighted by atomic mass is 9.98. The lowest BCUT2D eigenvalue weighted by Gasteiger charge is -2.32. The zero-order valence-corrected chi connectivity index (χ0v) is 10.6. The molecule has 0 bridgehead atoms. The van der Waals surface area contributed by atoms with Crippen molar-refractivity contribution in [1.82, 2.24) is 0 Å². The summed E-state index contributed by atoms with van der Waals surface area (Å²) in [4.78, 5) is 13.9. The van der Waals surface area contributed by atoms with Gasteiger partial charge in [-0.15, -0.1) is 0 Å². The zero-order valence-electron chi connectivity index (χ0n) is 10.6. The van der Waals surface area contributed by atoms with Gasteiger partial charge in [0.1, 0.15) is 6.04 Å². The van der Waals surface area contributed by atoms with Crippen molar-refractivity contribution in [3.8, 4) is 0 Å². The second-order valence-corrected chi connectivity index (χ2v) is 5.41. The van der Waals surface area contributed by atoms with Crippen LogP contribution in [0.15, 0.2) is 18.2 Å². The second-order valence-electron chi connectivity index (χ2n) is 5.41. The van der Waals surface area contributed by atoms with Crippen molar-refractivity contribution in [3.05, 3.63) is 23.8 Å². The van der Waals surface area contributed by atoms with E-state index in [0.717, 1.165) is 30.3 Å². The highest BCUT2D eigenvalue weighted by Gasteiger charge is 2.27. The van der Waals surface area contributed by atoms with Crippen LogP contribution in [0, 0.1) is 5.92 Å². The van der Waals surface area contributed by atoms with E-state index in [-0.39, 0.29) is 5.91 Å². The van der Waals surface area contributed by atoms with Crippen LogP contribution in [-0.4, -0.2) is 19.0 Å². The molecule has 2 aliphatic heterocycles. The molecule has 1 unspecified atom stereocenters. The van der Waals surface area contributed by atoms with Crippen molar-refractivity contribution < 1.29 is 4.79 Å². The molecule has 1 saturated heterocycles. The van der Waals surface area contributed by atoms with Crippen LogP contribution < -0.4 is 16.0 Å². The molecule has 18 heavy (non-hydrogen) atoms. The molecule has 0 radical (unpaired) electrons. The molecule has 2 heterocycles. The first-order chi connectivity index (χ1) is 8.65. The van der Waals surface area contributed by atoms with Crippen molar-refractivity contribution in [2.45, 2.75) is 25.8 Å². The summed E-state index contributed by atoms with van der Waals surface area (Å²) >= 11 is 0. The van der Waals surface area contributed by atoms with E-state index in [0.29, 0.717) is 0 Å². The number of carbonyl (C=O) groups excluding carboxylic acids is 1. The molecule has 1 aromatic carbocycles. The topological polar surface area (TPSA) is 58.4 Å². The number of hydrogen-bond acceptors (Lipinski definition) is 3. The number of fused-ring (bicyclic) bond motifs is 1. The molecule has 0 aromatic heterocycles. The fourth-order valence-electron chi connectivity index (χ4n) is 2.74. The zero-order chi connectivity index (χ0) is 12.7. The van der Waals surface area contributed by atoms with Gasteiger partial charge < -0.3 is 16.0 Å². The van der Waals surface area contributed by atoms with E-state index in [2.05, 4.69) is 29.3 Å². The van der Waals surface area contributed by atoms with Gasteiger partial charge in [0.15, 0.2) is 0 Å². The van der Waals surface area contributed by atoms with Gasteiger partial charge in [0, 0.05) is 30.0 Å². The minimum absolute atomic E-state index is 0.102. The predicted molar refractivity (Wildman–Crippen MR) is 72.6 cm³/mol. The van der Waals surface area contributed by atoms with Gasteiger partial charge in [-0.3, -0.25) is 4.79 Å². The van der Waals surface area contributed by atoms with Crippen LogP contribution in [0.5, 0.6) is 0 Å². The minimum Gasteiger partial charge on any atom is -0.371 e. The molecule has 4 heteroatoms. The number of amides is 1. The van der Waals surface area contributed by atoms with Crippen LogP contribution in [0.2, 0.25) is 0 Å². The number of benzene rings is 1. The Balaban J connectivity index is 1.83. The van der Waals surface area contributed by atoms with E-state index >= 15 is 0 Å². The van der Waals surface area contributed by atoms with Gasteiger partial charge >= 0.3 is 0 Å². The summed E-state index contributed by atoms with van der Waals surface area (Å²) in [5, 5.41) is 2.84. The van der Waals surface area contributed by atoms with Crippen LogP contribution in [0.4, 0.5) is 11.4 Å². The van der Waals surface area contributed by atoms with Crippen molar-refractivity contribution >= 4 is 17.3 Å². The molecular formula is C14H19N3O. The molecule has 1 aromatic rings. The maximum Gasteiger partial charge on any atom is 0.245 e. The Morgan fingerprint density at radius 3 is 2.78 bits per heavy atom. The number of carbonyl (C=O) groups is 1. The molecule has 4 nitrogen and oxygen atoms in total. The molecular weight excluding hydrogens is 226 g/mol. The Morgan fingerprint density at radius 2 is 2.06 bits per heavy atom. The maximum absolute atomic E-state index is 11.5. The third-order valence-corrected chi connectivity index (χ3v) is 4.06. The van der Waals surface area contributed by atoms with Crippen LogP contribution in [-0.2, 0) is 4.79 Å². The summed E-state index contributed by atoms with van der Waals surface area (Å²) in [6.45, 7) is 4.50. The van der Waals surface area contributed by atoms with E-state index in [1.165, 1.54) is 18.5 Å². The average Bonchev–Trinajstić information content (AvgIpc) is 2.65. The molecule has 1 amide bonds. The monoisotopic (exact) mass is 245 g/mol. The summed E-state index contributed by atoms with van der Waals surface area (Å²) in [7, 11) is 0. The van der Waals surface area contributed by atoms with Gasteiger partial charge in [-0.2, -0.15) is 0 Å². The number of nitrogens with zero attached hydrogens (tertiary/aromatic N) is 1. The van der Waals surface area contributed by atoms with Crippen molar-refractivity contribution in [3.63, 3.8) is 0 Å². The number of piperidine rings is 1. The molecule has 3 rings (SSSR count). The Morgan fingerprint density at radius 1 is 1.33 bits per heavy atom. The smallest absolute Gasteiger partial charge is 0.245 e. The van der Waals surface area contributed by atoms with Gasteiger partial charge in [0.05, 0.1) is 0 Å². The van der Waals surface area contributed by atoms with Crippen LogP contribution in [0.3, 0.4) is 0 Å². The molecule has 1 atom stereocenters.